The molecule has 3 aromatic rings. The van der Waals surface area contributed by atoms with Crippen LogP contribution in [0.3, 0.4) is 0 Å². The predicted molar refractivity (Wildman–Crippen MR) is 136 cm³/mol. The smallest absolute Gasteiger partial charge is 0.248 e. The van der Waals surface area contributed by atoms with Crippen LogP contribution >= 0.6 is 11.6 Å². The Balaban J connectivity index is 1.42. The summed E-state index contributed by atoms with van der Waals surface area (Å²) < 4.78 is 19.7. The first kappa shape index (κ1) is 23.5. The van der Waals surface area contributed by atoms with Crippen molar-refractivity contribution in [3.05, 3.63) is 59.7 Å². The lowest BCUT2D eigenvalue weighted by Crippen LogP contribution is -2.25. The average molecular weight is 496 g/mol. The molecule has 2 aliphatic carbocycles. The lowest BCUT2D eigenvalue weighted by molar-refractivity contribution is -0.111. The normalized spacial score (nSPS) is 16.0. The first-order valence-corrected chi connectivity index (χ1v) is 12.2. The Labute approximate surface area is 208 Å². The summed E-state index contributed by atoms with van der Waals surface area (Å²) in [6.07, 6.45) is 10.5. The van der Waals surface area contributed by atoms with Gasteiger partial charge in [0.2, 0.25) is 5.91 Å². The zero-order valence-corrected chi connectivity index (χ0v) is 20.2. The van der Waals surface area contributed by atoms with Crippen LogP contribution in [0.15, 0.2) is 48.8 Å². The van der Waals surface area contributed by atoms with E-state index in [9.17, 15) is 9.18 Å². The number of nitrogens with one attached hydrogen (secondary N) is 2. The fraction of sp³-hybridized carbons (Fsp3) is 0.346. The van der Waals surface area contributed by atoms with Crippen molar-refractivity contribution in [1.82, 2.24) is 14.9 Å². The molecule has 0 spiro atoms. The Kier molecular flexibility index (Phi) is 6.83. The van der Waals surface area contributed by atoms with Gasteiger partial charge in [0.05, 0.1) is 22.3 Å². The van der Waals surface area contributed by atoms with E-state index >= 15 is 0 Å². The van der Waals surface area contributed by atoms with Crippen molar-refractivity contribution in [2.75, 3.05) is 24.2 Å². The number of anilines is 3. The van der Waals surface area contributed by atoms with E-state index < -0.39 is 5.82 Å². The molecule has 2 aliphatic rings. The van der Waals surface area contributed by atoms with Crippen molar-refractivity contribution >= 4 is 45.6 Å². The van der Waals surface area contributed by atoms with Crippen molar-refractivity contribution in [1.29, 1.82) is 0 Å². The average Bonchev–Trinajstić information content (AvgIpc) is 3.65. The molecular weight excluding hydrogens is 469 g/mol. The number of benzene rings is 2. The van der Waals surface area contributed by atoms with Gasteiger partial charge in [0.1, 0.15) is 23.7 Å². The van der Waals surface area contributed by atoms with E-state index in [0.717, 1.165) is 25.8 Å². The van der Waals surface area contributed by atoms with Crippen molar-refractivity contribution in [3.8, 4) is 5.75 Å². The van der Waals surface area contributed by atoms with Crippen LogP contribution in [0, 0.1) is 5.82 Å². The number of carbonyl (C=O) groups is 1. The maximum atomic E-state index is 13.6. The summed E-state index contributed by atoms with van der Waals surface area (Å²) in [5.41, 5.74) is 1.79. The molecule has 0 saturated heterocycles. The molecule has 1 aromatic heterocycles. The van der Waals surface area contributed by atoms with Crippen LogP contribution in [0.2, 0.25) is 5.02 Å². The van der Waals surface area contributed by atoms with Crippen LogP contribution in [0.5, 0.6) is 5.75 Å². The van der Waals surface area contributed by atoms with E-state index in [1.807, 2.05) is 12.1 Å². The third-order valence-electron chi connectivity index (χ3n) is 6.36. The van der Waals surface area contributed by atoms with Crippen LogP contribution in [0.4, 0.5) is 21.6 Å². The van der Waals surface area contributed by atoms with Crippen LogP contribution in [-0.2, 0) is 4.79 Å². The van der Waals surface area contributed by atoms with Gasteiger partial charge < -0.3 is 15.4 Å². The first-order valence-electron chi connectivity index (χ1n) is 11.8. The highest BCUT2D eigenvalue weighted by Crippen LogP contribution is 2.36. The molecule has 1 heterocycles. The molecule has 0 radical (unpaired) electrons. The molecule has 7 nitrogen and oxygen atoms in total. The quantitative estimate of drug-likeness (QED) is 0.371. The van der Waals surface area contributed by atoms with E-state index in [0.29, 0.717) is 39.9 Å². The van der Waals surface area contributed by atoms with Crippen molar-refractivity contribution in [2.24, 2.45) is 0 Å². The summed E-state index contributed by atoms with van der Waals surface area (Å²) in [7, 11) is 2.07. The highest BCUT2D eigenvalue weighted by Gasteiger charge is 2.25. The summed E-state index contributed by atoms with van der Waals surface area (Å²) in [5.74, 6) is 0.353. The molecule has 0 unspecified atom stereocenters. The van der Waals surface area contributed by atoms with E-state index in [4.69, 9.17) is 16.3 Å². The zero-order chi connectivity index (χ0) is 24.4. The summed E-state index contributed by atoms with van der Waals surface area (Å²) in [4.78, 5) is 23.7. The zero-order valence-electron chi connectivity index (χ0n) is 19.4. The van der Waals surface area contributed by atoms with E-state index in [2.05, 4.69) is 32.5 Å². The SMILES string of the molecule is CN(C/C=C/C(=O)Nc1cc2c(Nc3ccc(F)c(Cl)c3)ncnc2cc1OC1CCC1)C1CC1. The van der Waals surface area contributed by atoms with Gasteiger partial charge in [-0.25, -0.2) is 14.4 Å². The second-order valence-corrected chi connectivity index (χ2v) is 9.48. The second-order valence-electron chi connectivity index (χ2n) is 9.07. The summed E-state index contributed by atoms with van der Waals surface area (Å²) in [5, 5.41) is 6.82. The van der Waals surface area contributed by atoms with Gasteiger partial charge >= 0.3 is 0 Å². The van der Waals surface area contributed by atoms with Gasteiger partial charge in [0.15, 0.2) is 0 Å². The van der Waals surface area contributed by atoms with Gasteiger partial charge in [-0.15, -0.1) is 0 Å². The van der Waals surface area contributed by atoms with Crippen LogP contribution in [0.25, 0.3) is 10.9 Å². The molecule has 5 rings (SSSR count). The van der Waals surface area contributed by atoms with Crippen molar-refractivity contribution in [2.45, 2.75) is 44.2 Å². The van der Waals surface area contributed by atoms with Crippen LogP contribution < -0.4 is 15.4 Å². The van der Waals surface area contributed by atoms with Gasteiger partial charge in [0, 0.05) is 35.8 Å². The monoisotopic (exact) mass is 495 g/mol. The summed E-state index contributed by atoms with van der Waals surface area (Å²) in [6, 6.07) is 8.61. The minimum Gasteiger partial charge on any atom is -0.488 e. The highest BCUT2D eigenvalue weighted by molar-refractivity contribution is 6.31. The lowest BCUT2D eigenvalue weighted by atomic mass is 9.96. The molecule has 9 heteroatoms. The highest BCUT2D eigenvalue weighted by atomic mass is 35.5. The maximum Gasteiger partial charge on any atom is 0.248 e. The fourth-order valence-corrected chi connectivity index (χ4v) is 4.10. The Morgan fingerprint density at radius 1 is 1.23 bits per heavy atom. The second kappa shape index (κ2) is 10.2. The molecule has 1 amide bonds. The van der Waals surface area contributed by atoms with Gasteiger partial charge in [-0.3, -0.25) is 9.69 Å². The number of ether oxygens (including phenoxy) is 1. The number of hydrogen-bond acceptors (Lipinski definition) is 6. The molecule has 0 atom stereocenters. The van der Waals surface area contributed by atoms with E-state index in [-0.39, 0.29) is 17.0 Å². The van der Waals surface area contributed by atoms with Crippen molar-refractivity contribution < 1.29 is 13.9 Å². The molecule has 2 saturated carbocycles. The minimum absolute atomic E-state index is 0.0108. The molecule has 2 N–H and O–H groups in total. The van der Waals surface area contributed by atoms with Gasteiger partial charge in [-0.2, -0.15) is 0 Å². The molecule has 35 heavy (non-hydrogen) atoms. The number of carbonyl (C=O) groups excluding carboxylic acids is 1. The standard InChI is InChI=1S/C26H27ClFN5O2/c1-33(17-8-9-17)11-3-6-25(34)32-23-13-19-22(14-24(23)35-18-4-2-5-18)29-15-30-26(19)31-16-7-10-21(28)20(27)12-16/h3,6-7,10,12-15,17-18H,2,4-5,8-9,11H2,1H3,(H,32,34)(H,29,30,31)/b6-3+. The number of fused-ring (bicyclic) bond motifs is 1. The number of aromatic nitrogens is 2. The lowest BCUT2D eigenvalue weighted by Gasteiger charge is -2.27. The first-order chi connectivity index (χ1) is 17.0. The maximum absolute atomic E-state index is 13.6. The Hall–Kier alpha value is -3.23. The van der Waals surface area contributed by atoms with Gasteiger partial charge in [-0.05, 0) is 63.4 Å². The van der Waals surface area contributed by atoms with E-state index in [1.165, 1.54) is 31.3 Å². The fourth-order valence-electron chi connectivity index (χ4n) is 3.92. The van der Waals surface area contributed by atoms with Crippen molar-refractivity contribution in [3.63, 3.8) is 0 Å². The number of halogens is 2. The van der Waals surface area contributed by atoms with Crippen LogP contribution in [-0.4, -0.2) is 46.5 Å². The summed E-state index contributed by atoms with van der Waals surface area (Å²) in [6.45, 7) is 0.726. The predicted octanol–water partition coefficient (Wildman–Crippen LogP) is 5.69. The minimum atomic E-state index is -0.496. The number of hydrogen-bond donors (Lipinski definition) is 2. The Morgan fingerprint density at radius 2 is 2.06 bits per heavy atom. The number of amides is 1. The van der Waals surface area contributed by atoms with Gasteiger partial charge in [0.25, 0.3) is 0 Å². The largest absolute Gasteiger partial charge is 0.488 e. The molecule has 182 valence electrons. The topological polar surface area (TPSA) is 79.4 Å². The third kappa shape index (κ3) is 5.71. The van der Waals surface area contributed by atoms with Crippen LogP contribution in [0.1, 0.15) is 32.1 Å². The Bertz CT molecular complexity index is 1280. The summed E-state index contributed by atoms with van der Waals surface area (Å²) >= 11 is 5.93. The number of likely N-dealkylation sites (N-methyl/N-ethyl adjacent to an activating group) is 1. The van der Waals surface area contributed by atoms with E-state index in [1.54, 1.807) is 18.2 Å². The molecule has 2 aromatic carbocycles. The third-order valence-corrected chi connectivity index (χ3v) is 6.65. The molecule has 0 aliphatic heterocycles. The number of rotatable bonds is 9. The van der Waals surface area contributed by atoms with Gasteiger partial charge in [-0.1, -0.05) is 17.7 Å². The Morgan fingerprint density at radius 3 is 2.77 bits per heavy atom. The molecule has 2 fully saturated rings. The molecule has 0 bridgehead atoms. The number of nitrogens with zero attached hydrogens (tertiary/aromatic N) is 3. The molecular formula is C26H27ClFN5O2.